The lowest BCUT2D eigenvalue weighted by Crippen LogP contribution is -2.22. The first-order valence-corrected chi connectivity index (χ1v) is 6.81. The number of nitrogens with one attached hydrogen (secondary N) is 1. The second-order valence-corrected chi connectivity index (χ2v) is 5.00. The summed E-state index contributed by atoms with van der Waals surface area (Å²) in [6.07, 6.45) is 0. The van der Waals surface area contributed by atoms with Crippen molar-refractivity contribution in [2.45, 2.75) is 13.0 Å². The zero-order chi connectivity index (χ0) is 13.8. The molecule has 1 nitrogen and oxygen atoms in total. The van der Waals surface area contributed by atoms with Crippen molar-refractivity contribution in [1.82, 2.24) is 5.32 Å². The van der Waals surface area contributed by atoms with Crippen LogP contribution in [-0.4, -0.2) is 6.54 Å². The van der Waals surface area contributed by atoms with Crippen molar-refractivity contribution in [2.24, 2.45) is 0 Å². The molecule has 19 heavy (non-hydrogen) atoms. The molecule has 4 heteroatoms. The Morgan fingerprint density at radius 1 is 1.11 bits per heavy atom. The molecule has 1 N–H and O–H groups in total. The highest BCUT2D eigenvalue weighted by atomic mass is 35.5. The van der Waals surface area contributed by atoms with Gasteiger partial charge in [0.2, 0.25) is 0 Å². The molecule has 2 aromatic rings. The second-order valence-electron chi connectivity index (χ2n) is 4.19. The normalized spacial score (nSPS) is 12.4. The van der Waals surface area contributed by atoms with Crippen LogP contribution in [0.1, 0.15) is 24.1 Å². The number of rotatable bonds is 4. The Balaban J connectivity index is 2.45. The van der Waals surface area contributed by atoms with E-state index in [0.717, 1.165) is 17.7 Å². The summed E-state index contributed by atoms with van der Waals surface area (Å²) in [5.74, 6) is -0.406. The van der Waals surface area contributed by atoms with E-state index >= 15 is 0 Å². The van der Waals surface area contributed by atoms with Crippen LogP contribution in [0.3, 0.4) is 0 Å². The predicted molar refractivity (Wildman–Crippen MR) is 78.4 cm³/mol. The van der Waals surface area contributed by atoms with Gasteiger partial charge in [0.05, 0.1) is 11.1 Å². The Morgan fingerprint density at radius 2 is 1.79 bits per heavy atom. The molecule has 2 rings (SSSR count). The molecule has 0 saturated carbocycles. The van der Waals surface area contributed by atoms with Gasteiger partial charge in [-0.3, -0.25) is 0 Å². The lowest BCUT2D eigenvalue weighted by molar-refractivity contribution is 0.603. The molecular weight excluding hydrogens is 284 g/mol. The number of hydrogen-bond donors (Lipinski definition) is 1. The van der Waals surface area contributed by atoms with Crippen molar-refractivity contribution in [2.75, 3.05) is 6.54 Å². The lowest BCUT2D eigenvalue weighted by Gasteiger charge is -2.20. The molecule has 0 aliphatic heterocycles. The molecule has 0 aliphatic carbocycles. The molecule has 0 bridgehead atoms. The van der Waals surface area contributed by atoms with Crippen LogP contribution in [0.2, 0.25) is 10.0 Å². The predicted octanol–water partition coefficient (Wildman–Crippen LogP) is 4.83. The topological polar surface area (TPSA) is 12.0 Å². The van der Waals surface area contributed by atoms with Crippen LogP contribution in [0.25, 0.3) is 0 Å². The molecule has 100 valence electrons. The average molecular weight is 298 g/mol. The fourth-order valence-electron chi connectivity index (χ4n) is 2.01. The van der Waals surface area contributed by atoms with E-state index in [1.807, 2.05) is 37.3 Å². The van der Waals surface area contributed by atoms with Gasteiger partial charge in [0.15, 0.2) is 0 Å². The fourth-order valence-corrected chi connectivity index (χ4v) is 2.37. The SMILES string of the molecule is CCNC(c1ccc(Cl)cc1)c1cccc(F)c1Cl. The fraction of sp³-hybridized carbons (Fsp3) is 0.200. The zero-order valence-electron chi connectivity index (χ0n) is 10.5. The van der Waals surface area contributed by atoms with E-state index in [-0.39, 0.29) is 11.1 Å². The molecule has 1 atom stereocenters. The standard InChI is InChI=1S/C15H14Cl2FN/c1-2-19-15(10-6-8-11(16)9-7-10)12-4-3-5-13(18)14(12)17/h3-9,15,19H,2H2,1H3. The van der Waals surface area contributed by atoms with Gasteiger partial charge in [-0.1, -0.05) is 54.4 Å². The highest BCUT2D eigenvalue weighted by Crippen LogP contribution is 2.30. The van der Waals surface area contributed by atoms with Crippen LogP contribution < -0.4 is 5.32 Å². The van der Waals surface area contributed by atoms with E-state index in [1.165, 1.54) is 6.07 Å². The van der Waals surface area contributed by atoms with E-state index in [0.29, 0.717) is 5.02 Å². The van der Waals surface area contributed by atoms with Gasteiger partial charge < -0.3 is 5.32 Å². The summed E-state index contributed by atoms with van der Waals surface area (Å²) in [6, 6.07) is 12.2. The molecular formula is C15H14Cl2FN. The van der Waals surface area contributed by atoms with Crippen LogP contribution in [0.4, 0.5) is 4.39 Å². The smallest absolute Gasteiger partial charge is 0.142 e. The summed E-state index contributed by atoms with van der Waals surface area (Å²) in [4.78, 5) is 0. The molecule has 0 amide bonds. The third-order valence-corrected chi connectivity index (χ3v) is 3.55. The van der Waals surface area contributed by atoms with Gasteiger partial charge in [-0.15, -0.1) is 0 Å². The van der Waals surface area contributed by atoms with Gasteiger partial charge in [0, 0.05) is 5.02 Å². The van der Waals surface area contributed by atoms with E-state index in [2.05, 4.69) is 5.32 Å². The summed E-state index contributed by atoms with van der Waals surface area (Å²) in [6.45, 7) is 2.75. The van der Waals surface area contributed by atoms with Crippen molar-refractivity contribution in [1.29, 1.82) is 0 Å². The lowest BCUT2D eigenvalue weighted by atomic mass is 9.98. The van der Waals surface area contributed by atoms with E-state index in [4.69, 9.17) is 23.2 Å². The molecule has 0 aromatic heterocycles. The first-order chi connectivity index (χ1) is 9.13. The quantitative estimate of drug-likeness (QED) is 0.852. The van der Waals surface area contributed by atoms with Crippen LogP contribution in [0.15, 0.2) is 42.5 Å². The summed E-state index contributed by atoms with van der Waals surface area (Å²) in [5.41, 5.74) is 1.73. The number of halogens is 3. The summed E-state index contributed by atoms with van der Waals surface area (Å²) < 4.78 is 13.6. The Labute approximate surface area is 122 Å². The third kappa shape index (κ3) is 3.27. The van der Waals surface area contributed by atoms with Crippen molar-refractivity contribution in [3.8, 4) is 0 Å². The molecule has 0 spiro atoms. The minimum absolute atomic E-state index is 0.148. The van der Waals surface area contributed by atoms with E-state index in [9.17, 15) is 4.39 Å². The third-order valence-electron chi connectivity index (χ3n) is 2.90. The van der Waals surface area contributed by atoms with Crippen LogP contribution in [0.5, 0.6) is 0 Å². The summed E-state index contributed by atoms with van der Waals surface area (Å²) >= 11 is 12.0. The molecule has 1 unspecified atom stereocenters. The van der Waals surface area contributed by atoms with Crippen molar-refractivity contribution < 1.29 is 4.39 Å². The maximum Gasteiger partial charge on any atom is 0.142 e. The average Bonchev–Trinajstić information content (AvgIpc) is 2.41. The highest BCUT2D eigenvalue weighted by molar-refractivity contribution is 6.31. The Morgan fingerprint density at radius 3 is 2.42 bits per heavy atom. The van der Waals surface area contributed by atoms with Gasteiger partial charge in [0.1, 0.15) is 5.82 Å². The monoisotopic (exact) mass is 297 g/mol. The van der Waals surface area contributed by atoms with Gasteiger partial charge in [-0.05, 0) is 35.9 Å². The van der Waals surface area contributed by atoms with Crippen LogP contribution in [0, 0.1) is 5.82 Å². The van der Waals surface area contributed by atoms with E-state index in [1.54, 1.807) is 6.07 Å². The van der Waals surface area contributed by atoms with Gasteiger partial charge in [-0.2, -0.15) is 0 Å². The Bertz CT molecular complexity index is 555. The molecule has 0 radical (unpaired) electrons. The first kappa shape index (κ1) is 14.3. The van der Waals surface area contributed by atoms with Gasteiger partial charge >= 0.3 is 0 Å². The van der Waals surface area contributed by atoms with Gasteiger partial charge in [0.25, 0.3) is 0 Å². The van der Waals surface area contributed by atoms with E-state index < -0.39 is 5.82 Å². The molecule has 2 aromatic carbocycles. The van der Waals surface area contributed by atoms with Gasteiger partial charge in [-0.25, -0.2) is 4.39 Å². The maximum atomic E-state index is 13.6. The summed E-state index contributed by atoms with van der Waals surface area (Å²) in [5, 5.41) is 4.14. The van der Waals surface area contributed by atoms with Crippen LogP contribution in [-0.2, 0) is 0 Å². The van der Waals surface area contributed by atoms with Crippen molar-refractivity contribution in [3.63, 3.8) is 0 Å². The molecule has 0 heterocycles. The maximum absolute atomic E-state index is 13.6. The van der Waals surface area contributed by atoms with Crippen LogP contribution >= 0.6 is 23.2 Å². The largest absolute Gasteiger partial charge is 0.306 e. The Hall–Kier alpha value is -1.09. The highest BCUT2D eigenvalue weighted by Gasteiger charge is 2.17. The van der Waals surface area contributed by atoms with Crippen molar-refractivity contribution in [3.05, 3.63) is 69.5 Å². The molecule has 0 saturated heterocycles. The molecule has 0 fully saturated rings. The number of benzene rings is 2. The minimum Gasteiger partial charge on any atom is -0.306 e. The molecule has 0 aliphatic rings. The number of hydrogen-bond acceptors (Lipinski definition) is 1. The zero-order valence-corrected chi connectivity index (χ0v) is 12.0. The first-order valence-electron chi connectivity index (χ1n) is 6.06. The summed E-state index contributed by atoms with van der Waals surface area (Å²) in [7, 11) is 0. The minimum atomic E-state index is -0.406. The second kappa shape index (κ2) is 6.38. The Kier molecular flexibility index (Phi) is 4.81. The van der Waals surface area contributed by atoms with Crippen molar-refractivity contribution >= 4 is 23.2 Å².